The summed E-state index contributed by atoms with van der Waals surface area (Å²) in [6.07, 6.45) is 7.99. The van der Waals surface area contributed by atoms with Gasteiger partial charge >= 0.3 is 0 Å². The normalized spacial score (nSPS) is 15.0. The van der Waals surface area contributed by atoms with Crippen LogP contribution in [0.1, 0.15) is 44.6 Å². The molecule has 17 heavy (non-hydrogen) atoms. The Morgan fingerprint density at radius 3 is 2.53 bits per heavy atom. The van der Waals surface area contributed by atoms with E-state index in [1.165, 1.54) is 12.0 Å². The third kappa shape index (κ3) is 5.93. The van der Waals surface area contributed by atoms with Crippen molar-refractivity contribution in [3.63, 3.8) is 0 Å². The van der Waals surface area contributed by atoms with Crippen molar-refractivity contribution in [3.05, 3.63) is 48.0 Å². The van der Waals surface area contributed by atoms with E-state index in [1.54, 1.807) is 0 Å². The van der Waals surface area contributed by atoms with E-state index >= 15 is 0 Å². The van der Waals surface area contributed by atoms with E-state index in [9.17, 15) is 0 Å². The van der Waals surface area contributed by atoms with E-state index < -0.39 is 0 Å². The summed E-state index contributed by atoms with van der Waals surface area (Å²) in [6.45, 7) is 4.59. The predicted molar refractivity (Wildman–Crippen MR) is 77.7 cm³/mol. The van der Waals surface area contributed by atoms with E-state index in [-0.39, 0.29) is 0 Å². The van der Waals surface area contributed by atoms with Gasteiger partial charge in [0.1, 0.15) is 0 Å². The minimum absolute atomic E-state index is 0.629. The molecule has 0 saturated carbocycles. The Hall–Kier alpha value is -0.750. The van der Waals surface area contributed by atoms with Crippen LogP contribution in [0.25, 0.3) is 0 Å². The Bertz CT molecular complexity index is 316. The molecule has 0 radical (unpaired) electrons. The van der Waals surface area contributed by atoms with E-state index in [4.69, 9.17) is 11.6 Å². The Morgan fingerprint density at radius 2 is 1.88 bits per heavy atom. The minimum atomic E-state index is 0.629. The SMILES string of the molecule is C[C@@H](/C=C/CCCCl)C[C@H](C)c1ccccc1. The third-order valence-corrected chi connectivity index (χ3v) is 3.33. The lowest BCUT2D eigenvalue weighted by atomic mass is 9.91. The van der Waals surface area contributed by atoms with Gasteiger partial charge in [-0.25, -0.2) is 0 Å². The third-order valence-electron chi connectivity index (χ3n) is 3.06. The highest BCUT2D eigenvalue weighted by Crippen LogP contribution is 2.23. The van der Waals surface area contributed by atoms with Crippen molar-refractivity contribution in [1.29, 1.82) is 0 Å². The fraction of sp³-hybridized carbons (Fsp3) is 0.500. The average Bonchev–Trinajstić information content (AvgIpc) is 2.36. The molecule has 0 unspecified atom stereocenters. The van der Waals surface area contributed by atoms with Gasteiger partial charge in [-0.3, -0.25) is 0 Å². The molecule has 0 spiro atoms. The molecule has 0 aliphatic heterocycles. The number of allylic oxidation sites excluding steroid dienone is 2. The molecule has 0 heterocycles. The first-order valence-electron chi connectivity index (χ1n) is 6.51. The number of unbranched alkanes of at least 4 members (excludes halogenated alkanes) is 1. The van der Waals surface area contributed by atoms with Gasteiger partial charge in [-0.2, -0.15) is 0 Å². The highest BCUT2D eigenvalue weighted by atomic mass is 35.5. The van der Waals surface area contributed by atoms with Crippen LogP contribution in [-0.2, 0) is 0 Å². The number of hydrogen-bond acceptors (Lipinski definition) is 0. The van der Waals surface area contributed by atoms with Crippen molar-refractivity contribution in [3.8, 4) is 0 Å². The summed E-state index contributed by atoms with van der Waals surface area (Å²) < 4.78 is 0. The van der Waals surface area contributed by atoms with Crippen LogP contribution in [0.3, 0.4) is 0 Å². The summed E-state index contributed by atoms with van der Waals surface area (Å²) in [4.78, 5) is 0. The number of benzene rings is 1. The molecule has 1 heteroatoms. The Balaban J connectivity index is 2.35. The molecular weight excluding hydrogens is 228 g/mol. The van der Waals surface area contributed by atoms with Crippen LogP contribution < -0.4 is 0 Å². The van der Waals surface area contributed by atoms with Gasteiger partial charge in [0.05, 0.1) is 0 Å². The van der Waals surface area contributed by atoms with E-state index in [0.29, 0.717) is 11.8 Å². The van der Waals surface area contributed by atoms with E-state index in [1.807, 2.05) is 0 Å². The van der Waals surface area contributed by atoms with Gasteiger partial charge in [0, 0.05) is 5.88 Å². The van der Waals surface area contributed by atoms with Crippen molar-refractivity contribution >= 4 is 11.6 Å². The largest absolute Gasteiger partial charge is 0.127 e. The standard InChI is InChI=1S/C16H23Cl/c1-14(9-5-4-8-12-17)13-15(2)16-10-6-3-7-11-16/h3,5-7,9-11,14-15H,4,8,12-13H2,1-2H3/b9-5+/t14-,15-/m0/s1. The van der Waals surface area contributed by atoms with E-state index in [0.717, 1.165) is 18.7 Å². The lowest BCUT2D eigenvalue weighted by Gasteiger charge is -2.14. The van der Waals surface area contributed by atoms with Crippen LogP contribution >= 0.6 is 11.6 Å². The van der Waals surface area contributed by atoms with Crippen molar-refractivity contribution in [2.45, 2.75) is 39.0 Å². The zero-order valence-corrected chi connectivity index (χ0v) is 11.7. The lowest BCUT2D eigenvalue weighted by Crippen LogP contribution is -1.99. The van der Waals surface area contributed by atoms with Crippen LogP contribution in [0.2, 0.25) is 0 Å². The summed E-state index contributed by atoms with van der Waals surface area (Å²) in [5, 5.41) is 0. The zero-order valence-electron chi connectivity index (χ0n) is 10.9. The Morgan fingerprint density at radius 1 is 1.18 bits per heavy atom. The first-order valence-corrected chi connectivity index (χ1v) is 7.05. The second kappa shape index (κ2) is 8.36. The van der Waals surface area contributed by atoms with Gasteiger partial charge in [0.15, 0.2) is 0 Å². The predicted octanol–water partition coefficient (Wildman–Crippen LogP) is 5.39. The smallest absolute Gasteiger partial charge is 0.0226 e. The van der Waals surface area contributed by atoms with Crippen LogP contribution in [0.15, 0.2) is 42.5 Å². The molecule has 94 valence electrons. The Labute approximate surface area is 111 Å². The fourth-order valence-electron chi connectivity index (χ4n) is 2.08. The summed E-state index contributed by atoms with van der Waals surface area (Å²) in [6, 6.07) is 10.7. The van der Waals surface area contributed by atoms with Crippen LogP contribution in [0.5, 0.6) is 0 Å². The van der Waals surface area contributed by atoms with E-state index in [2.05, 4.69) is 56.3 Å². The van der Waals surface area contributed by atoms with Crippen molar-refractivity contribution in [2.24, 2.45) is 5.92 Å². The molecule has 1 aromatic carbocycles. The molecular formula is C16H23Cl. The number of rotatable bonds is 7. The molecule has 0 N–H and O–H groups in total. The molecule has 2 atom stereocenters. The summed E-state index contributed by atoms with van der Waals surface area (Å²) in [7, 11) is 0. The molecule has 0 aromatic heterocycles. The molecule has 1 aromatic rings. The first kappa shape index (κ1) is 14.3. The molecule has 1 rings (SSSR count). The quantitative estimate of drug-likeness (QED) is 0.346. The maximum atomic E-state index is 5.65. The number of hydrogen-bond donors (Lipinski definition) is 0. The highest BCUT2D eigenvalue weighted by molar-refractivity contribution is 6.17. The molecule has 0 bridgehead atoms. The highest BCUT2D eigenvalue weighted by Gasteiger charge is 2.07. The lowest BCUT2D eigenvalue weighted by molar-refractivity contribution is 0.566. The Kier molecular flexibility index (Phi) is 7.04. The molecule has 0 aliphatic carbocycles. The van der Waals surface area contributed by atoms with Gasteiger partial charge in [0.25, 0.3) is 0 Å². The van der Waals surface area contributed by atoms with Gasteiger partial charge in [-0.1, -0.05) is 56.3 Å². The van der Waals surface area contributed by atoms with Crippen molar-refractivity contribution in [1.82, 2.24) is 0 Å². The molecule has 0 fully saturated rings. The van der Waals surface area contributed by atoms with Crippen molar-refractivity contribution in [2.75, 3.05) is 5.88 Å². The second-order valence-corrected chi connectivity index (χ2v) is 5.16. The molecule has 0 saturated heterocycles. The molecule has 0 amide bonds. The van der Waals surface area contributed by atoms with Gasteiger partial charge in [-0.05, 0) is 36.7 Å². The first-order chi connectivity index (χ1) is 8.24. The fourth-order valence-corrected chi connectivity index (χ4v) is 2.23. The maximum Gasteiger partial charge on any atom is 0.0226 e. The van der Waals surface area contributed by atoms with Crippen LogP contribution in [-0.4, -0.2) is 5.88 Å². The summed E-state index contributed by atoms with van der Waals surface area (Å²) in [5.41, 5.74) is 1.44. The molecule has 0 nitrogen and oxygen atoms in total. The van der Waals surface area contributed by atoms with Gasteiger partial charge in [-0.15, -0.1) is 11.6 Å². The monoisotopic (exact) mass is 250 g/mol. The second-order valence-electron chi connectivity index (χ2n) is 4.78. The van der Waals surface area contributed by atoms with Gasteiger partial charge < -0.3 is 0 Å². The minimum Gasteiger partial charge on any atom is -0.127 e. The van der Waals surface area contributed by atoms with Crippen molar-refractivity contribution < 1.29 is 0 Å². The maximum absolute atomic E-state index is 5.65. The topological polar surface area (TPSA) is 0 Å². The molecule has 0 aliphatic rings. The zero-order chi connectivity index (χ0) is 12.5. The van der Waals surface area contributed by atoms with Crippen LogP contribution in [0, 0.1) is 5.92 Å². The summed E-state index contributed by atoms with van der Waals surface area (Å²) >= 11 is 5.65. The number of halogens is 1. The van der Waals surface area contributed by atoms with Crippen LogP contribution in [0.4, 0.5) is 0 Å². The average molecular weight is 251 g/mol. The summed E-state index contributed by atoms with van der Waals surface area (Å²) in [5.74, 6) is 2.03. The number of alkyl halides is 1. The van der Waals surface area contributed by atoms with Gasteiger partial charge in [0.2, 0.25) is 0 Å².